The standard InChI is InChI=1S/C19H22N4O3/c1-12-7-8-17(13(2)9-12)20-11-18(25)22-23-19(26)15-5-4-6-16(10-15)21-14(3)24/h4-10,20H,11H2,1-3H3,(H,21,24)(H,22,25)(H,23,26). The fourth-order valence-corrected chi connectivity index (χ4v) is 2.37. The molecule has 0 atom stereocenters. The first-order chi connectivity index (χ1) is 12.3. The summed E-state index contributed by atoms with van der Waals surface area (Å²) in [4.78, 5) is 35.1. The van der Waals surface area contributed by atoms with Crippen LogP contribution < -0.4 is 21.5 Å². The molecule has 0 unspecified atom stereocenters. The summed E-state index contributed by atoms with van der Waals surface area (Å²) in [5.41, 5.74) is 8.57. The molecule has 0 fully saturated rings. The van der Waals surface area contributed by atoms with Crippen LogP contribution in [0.25, 0.3) is 0 Å². The summed E-state index contributed by atoms with van der Waals surface area (Å²) in [6.07, 6.45) is 0. The van der Waals surface area contributed by atoms with Crippen molar-refractivity contribution in [3.8, 4) is 0 Å². The van der Waals surface area contributed by atoms with E-state index in [-0.39, 0.29) is 18.4 Å². The second-order valence-corrected chi connectivity index (χ2v) is 5.94. The molecule has 0 aromatic heterocycles. The highest BCUT2D eigenvalue weighted by molar-refractivity contribution is 5.97. The number of rotatable bonds is 5. The van der Waals surface area contributed by atoms with Gasteiger partial charge in [-0.1, -0.05) is 23.8 Å². The van der Waals surface area contributed by atoms with Gasteiger partial charge in [0.1, 0.15) is 0 Å². The number of hydrazine groups is 1. The van der Waals surface area contributed by atoms with Gasteiger partial charge >= 0.3 is 0 Å². The second-order valence-electron chi connectivity index (χ2n) is 5.94. The summed E-state index contributed by atoms with van der Waals surface area (Å²) in [7, 11) is 0. The average Bonchev–Trinajstić information content (AvgIpc) is 2.58. The molecule has 0 saturated carbocycles. The van der Waals surface area contributed by atoms with Crippen molar-refractivity contribution in [1.82, 2.24) is 10.9 Å². The Hall–Kier alpha value is -3.35. The molecule has 0 bridgehead atoms. The molecule has 3 amide bonds. The quantitative estimate of drug-likeness (QED) is 0.618. The maximum absolute atomic E-state index is 12.1. The zero-order chi connectivity index (χ0) is 19.1. The normalized spacial score (nSPS) is 9.96. The average molecular weight is 354 g/mol. The van der Waals surface area contributed by atoms with Crippen LogP contribution in [0.15, 0.2) is 42.5 Å². The Morgan fingerprint density at radius 3 is 2.42 bits per heavy atom. The summed E-state index contributed by atoms with van der Waals surface area (Å²) in [5.74, 6) is -1.08. The van der Waals surface area contributed by atoms with E-state index in [1.165, 1.54) is 13.0 Å². The molecule has 7 heteroatoms. The van der Waals surface area contributed by atoms with E-state index in [2.05, 4.69) is 21.5 Å². The third-order valence-corrected chi connectivity index (χ3v) is 3.58. The minimum absolute atomic E-state index is 0.0239. The van der Waals surface area contributed by atoms with Crippen molar-refractivity contribution in [3.05, 3.63) is 59.2 Å². The largest absolute Gasteiger partial charge is 0.376 e. The summed E-state index contributed by atoms with van der Waals surface area (Å²) in [6.45, 7) is 5.36. The van der Waals surface area contributed by atoms with Gasteiger partial charge in [0, 0.05) is 23.9 Å². The van der Waals surface area contributed by atoms with E-state index in [4.69, 9.17) is 0 Å². The lowest BCUT2D eigenvalue weighted by molar-refractivity contribution is -0.120. The first kappa shape index (κ1) is 19.0. The summed E-state index contributed by atoms with van der Waals surface area (Å²) >= 11 is 0. The summed E-state index contributed by atoms with van der Waals surface area (Å²) in [6, 6.07) is 12.3. The van der Waals surface area contributed by atoms with Gasteiger partial charge in [-0.25, -0.2) is 0 Å². The fourth-order valence-electron chi connectivity index (χ4n) is 2.37. The molecule has 4 N–H and O–H groups in total. The first-order valence-corrected chi connectivity index (χ1v) is 8.13. The van der Waals surface area contributed by atoms with E-state index < -0.39 is 5.91 Å². The van der Waals surface area contributed by atoms with Crippen LogP contribution >= 0.6 is 0 Å². The van der Waals surface area contributed by atoms with E-state index in [0.29, 0.717) is 11.3 Å². The molecule has 2 aromatic rings. The van der Waals surface area contributed by atoms with E-state index in [0.717, 1.165) is 16.8 Å². The Morgan fingerprint density at radius 2 is 1.73 bits per heavy atom. The van der Waals surface area contributed by atoms with Gasteiger partial charge in [0.15, 0.2) is 0 Å². The minimum atomic E-state index is -0.475. The van der Waals surface area contributed by atoms with Gasteiger partial charge in [0.2, 0.25) is 5.91 Å². The van der Waals surface area contributed by atoms with E-state index >= 15 is 0 Å². The number of anilines is 2. The van der Waals surface area contributed by atoms with Crippen LogP contribution in [-0.4, -0.2) is 24.3 Å². The Balaban J connectivity index is 1.85. The van der Waals surface area contributed by atoms with Gasteiger partial charge < -0.3 is 10.6 Å². The second kappa shape index (κ2) is 8.66. The Morgan fingerprint density at radius 1 is 0.962 bits per heavy atom. The molecule has 0 spiro atoms. The number of benzene rings is 2. The monoisotopic (exact) mass is 354 g/mol. The molecule has 0 aliphatic rings. The van der Waals surface area contributed by atoms with Crippen LogP contribution in [0.5, 0.6) is 0 Å². The lowest BCUT2D eigenvalue weighted by atomic mass is 10.1. The molecular formula is C19H22N4O3. The molecule has 136 valence electrons. The Bertz CT molecular complexity index is 833. The number of carbonyl (C=O) groups is 3. The number of hydrogen-bond donors (Lipinski definition) is 4. The van der Waals surface area contributed by atoms with Crippen molar-refractivity contribution in [2.75, 3.05) is 17.2 Å². The van der Waals surface area contributed by atoms with Gasteiger partial charge in [-0.05, 0) is 43.7 Å². The lowest BCUT2D eigenvalue weighted by Crippen LogP contribution is -2.44. The molecule has 0 radical (unpaired) electrons. The van der Waals surface area contributed by atoms with Crippen molar-refractivity contribution >= 4 is 29.1 Å². The maximum Gasteiger partial charge on any atom is 0.269 e. The zero-order valence-electron chi connectivity index (χ0n) is 15.0. The number of nitrogens with one attached hydrogen (secondary N) is 4. The third kappa shape index (κ3) is 5.62. The molecular weight excluding hydrogens is 332 g/mol. The van der Waals surface area contributed by atoms with Crippen molar-refractivity contribution in [2.24, 2.45) is 0 Å². The number of carbonyl (C=O) groups excluding carboxylic acids is 3. The molecule has 0 heterocycles. The predicted octanol–water partition coefficient (Wildman–Crippen LogP) is 2.13. The maximum atomic E-state index is 12.1. The predicted molar refractivity (Wildman–Crippen MR) is 101 cm³/mol. The van der Waals surface area contributed by atoms with Gasteiger partial charge in [0.05, 0.1) is 6.54 Å². The molecule has 26 heavy (non-hydrogen) atoms. The highest BCUT2D eigenvalue weighted by Crippen LogP contribution is 2.15. The lowest BCUT2D eigenvalue weighted by Gasteiger charge is -2.11. The molecule has 0 aliphatic carbocycles. The smallest absolute Gasteiger partial charge is 0.269 e. The highest BCUT2D eigenvalue weighted by Gasteiger charge is 2.09. The summed E-state index contributed by atoms with van der Waals surface area (Å²) in [5, 5.41) is 5.62. The van der Waals surface area contributed by atoms with Crippen molar-refractivity contribution in [1.29, 1.82) is 0 Å². The summed E-state index contributed by atoms with van der Waals surface area (Å²) < 4.78 is 0. The van der Waals surface area contributed by atoms with Crippen LogP contribution in [0.3, 0.4) is 0 Å². The van der Waals surface area contributed by atoms with Gasteiger partial charge in [0.25, 0.3) is 11.8 Å². The van der Waals surface area contributed by atoms with Gasteiger partial charge in [-0.15, -0.1) is 0 Å². The highest BCUT2D eigenvalue weighted by atomic mass is 16.2. The third-order valence-electron chi connectivity index (χ3n) is 3.58. The Kier molecular flexibility index (Phi) is 6.32. The molecule has 2 aromatic carbocycles. The molecule has 0 saturated heterocycles. The first-order valence-electron chi connectivity index (χ1n) is 8.13. The van der Waals surface area contributed by atoms with E-state index in [1.807, 2.05) is 32.0 Å². The van der Waals surface area contributed by atoms with Crippen LogP contribution in [0.1, 0.15) is 28.4 Å². The number of hydrogen-bond acceptors (Lipinski definition) is 4. The van der Waals surface area contributed by atoms with Gasteiger partial charge in [-0.3, -0.25) is 25.2 Å². The number of aryl methyl sites for hydroxylation is 2. The SMILES string of the molecule is CC(=O)Nc1cccc(C(=O)NNC(=O)CNc2ccc(C)cc2C)c1. The topological polar surface area (TPSA) is 99.3 Å². The number of amides is 3. The molecule has 0 aliphatic heterocycles. The van der Waals surface area contributed by atoms with E-state index in [9.17, 15) is 14.4 Å². The Labute approximate surface area is 152 Å². The van der Waals surface area contributed by atoms with Crippen LogP contribution in [-0.2, 0) is 9.59 Å². The van der Waals surface area contributed by atoms with Crippen molar-refractivity contribution < 1.29 is 14.4 Å². The molecule has 2 rings (SSSR count). The van der Waals surface area contributed by atoms with Crippen LogP contribution in [0, 0.1) is 13.8 Å². The van der Waals surface area contributed by atoms with Gasteiger partial charge in [-0.2, -0.15) is 0 Å². The molecule has 7 nitrogen and oxygen atoms in total. The van der Waals surface area contributed by atoms with Crippen molar-refractivity contribution in [3.63, 3.8) is 0 Å². The van der Waals surface area contributed by atoms with Crippen LogP contribution in [0.4, 0.5) is 11.4 Å². The fraction of sp³-hybridized carbons (Fsp3) is 0.211. The zero-order valence-corrected chi connectivity index (χ0v) is 15.0. The van der Waals surface area contributed by atoms with E-state index in [1.54, 1.807) is 18.2 Å². The van der Waals surface area contributed by atoms with Crippen LogP contribution in [0.2, 0.25) is 0 Å². The van der Waals surface area contributed by atoms with Crippen molar-refractivity contribution in [2.45, 2.75) is 20.8 Å². The minimum Gasteiger partial charge on any atom is -0.376 e.